The molecule has 3 N–H and O–H groups in total. The third-order valence-corrected chi connectivity index (χ3v) is 3.18. The van der Waals surface area contributed by atoms with Crippen LogP contribution in [0, 0.1) is 11.8 Å². The van der Waals surface area contributed by atoms with Crippen molar-refractivity contribution >= 4 is 5.91 Å². The van der Waals surface area contributed by atoms with Crippen LogP contribution < -0.4 is 11.1 Å². The molecule has 2 atom stereocenters. The second-order valence-corrected chi connectivity index (χ2v) is 5.19. The van der Waals surface area contributed by atoms with Gasteiger partial charge in [-0.2, -0.15) is 0 Å². The SMILES string of the molecule is CC(C)C(Cc1ccccc1)C(=O)N[C@@H](C)CN. The first-order valence-corrected chi connectivity index (χ1v) is 6.59. The van der Waals surface area contributed by atoms with Crippen LogP contribution >= 0.6 is 0 Å². The molecule has 1 aromatic carbocycles. The molecule has 0 aliphatic heterocycles. The van der Waals surface area contributed by atoms with Crippen LogP contribution in [0.1, 0.15) is 26.3 Å². The summed E-state index contributed by atoms with van der Waals surface area (Å²) in [6, 6.07) is 10.2. The van der Waals surface area contributed by atoms with Gasteiger partial charge in [-0.05, 0) is 24.8 Å². The highest BCUT2D eigenvalue weighted by Gasteiger charge is 2.23. The predicted octanol–water partition coefficient (Wildman–Crippen LogP) is 1.96. The molecule has 0 bridgehead atoms. The number of hydrogen-bond donors (Lipinski definition) is 2. The minimum Gasteiger partial charge on any atom is -0.352 e. The van der Waals surface area contributed by atoms with Gasteiger partial charge in [0.05, 0.1) is 0 Å². The topological polar surface area (TPSA) is 55.1 Å². The van der Waals surface area contributed by atoms with Gasteiger partial charge in [0.25, 0.3) is 0 Å². The van der Waals surface area contributed by atoms with E-state index in [1.807, 2.05) is 25.1 Å². The number of rotatable bonds is 6. The molecule has 0 radical (unpaired) electrons. The van der Waals surface area contributed by atoms with E-state index in [0.717, 1.165) is 6.42 Å². The maximum absolute atomic E-state index is 12.2. The van der Waals surface area contributed by atoms with Crippen molar-refractivity contribution in [3.05, 3.63) is 35.9 Å². The van der Waals surface area contributed by atoms with Gasteiger partial charge in [-0.25, -0.2) is 0 Å². The summed E-state index contributed by atoms with van der Waals surface area (Å²) in [7, 11) is 0. The fourth-order valence-corrected chi connectivity index (χ4v) is 1.91. The van der Waals surface area contributed by atoms with Gasteiger partial charge in [-0.1, -0.05) is 44.2 Å². The Kier molecular flexibility index (Phi) is 5.86. The second kappa shape index (κ2) is 7.17. The van der Waals surface area contributed by atoms with Crippen molar-refractivity contribution in [2.75, 3.05) is 6.54 Å². The molecule has 0 heterocycles. The lowest BCUT2D eigenvalue weighted by Gasteiger charge is -2.22. The van der Waals surface area contributed by atoms with Gasteiger partial charge in [0.1, 0.15) is 0 Å². The first-order chi connectivity index (χ1) is 8.54. The summed E-state index contributed by atoms with van der Waals surface area (Å²) in [6.45, 7) is 6.57. The zero-order chi connectivity index (χ0) is 13.5. The Labute approximate surface area is 110 Å². The van der Waals surface area contributed by atoms with Gasteiger partial charge in [-0.15, -0.1) is 0 Å². The van der Waals surface area contributed by atoms with Crippen LogP contribution in [0.3, 0.4) is 0 Å². The van der Waals surface area contributed by atoms with Gasteiger partial charge in [0, 0.05) is 18.5 Å². The Hall–Kier alpha value is -1.35. The largest absolute Gasteiger partial charge is 0.352 e. The van der Waals surface area contributed by atoms with Gasteiger partial charge in [0.2, 0.25) is 5.91 Å². The summed E-state index contributed by atoms with van der Waals surface area (Å²) in [4.78, 5) is 12.2. The molecule has 1 unspecified atom stereocenters. The van der Waals surface area contributed by atoms with E-state index < -0.39 is 0 Å². The predicted molar refractivity (Wildman–Crippen MR) is 75.1 cm³/mol. The van der Waals surface area contributed by atoms with Crippen molar-refractivity contribution in [3.8, 4) is 0 Å². The van der Waals surface area contributed by atoms with Crippen LogP contribution in [-0.2, 0) is 11.2 Å². The monoisotopic (exact) mass is 248 g/mol. The zero-order valence-corrected chi connectivity index (χ0v) is 11.5. The average molecular weight is 248 g/mol. The Morgan fingerprint density at radius 2 is 1.83 bits per heavy atom. The standard InChI is InChI=1S/C15H24N2O/c1-11(2)14(15(18)17-12(3)10-16)9-13-7-5-4-6-8-13/h4-8,11-12,14H,9-10,16H2,1-3H3,(H,17,18)/t12-,14?/m0/s1. The summed E-state index contributed by atoms with van der Waals surface area (Å²) in [5.74, 6) is 0.420. The molecule has 0 fully saturated rings. The van der Waals surface area contributed by atoms with Gasteiger partial charge < -0.3 is 11.1 Å². The molecule has 0 aliphatic rings. The highest BCUT2D eigenvalue weighted by atomic mass is 16.1. The number of carbonyl (C=O) groups excluding carboxylic acids is 1. The second-order valence-electron chi connectivity index (χ2n) is 5.19. The number of hydrogen-bond acceptors (Lipinski definition) is 2. The van der Waals surface area contributed by atoms with Crippen LogP contribution in [0.4, 0.5) is 0 Å². The fourth-order valence-electron chi connectivity index (χ4n) is 1.91. The highest BCUT2D eigenvalue weighted by molar-refractivity contribution is 5.79. The summed E-state index contributed by atoms with van der Waals surface area (Å²) < 4.78 is 0. The van der Waals surface area contributed by atoms with Crippen LogP contribution in [-0.4, -0.2) is 18.5 Å². The minimum atomic E-state index is 0.00130. The average Bonchev–Trinajstić information content (AvgIpc) is 2.36. The normalized spacial score (nSPS) is 14.3. The molecule has 1 amide bonds. The molecule has 1 rings (SSSR count). The first-order valence-electron chi connectivity index (χ1n) is 6.59. The van der Waals surface area contributed by atoms with Gasteiger partial charge in [0.15, 0.2) is 0 Å². The van der Waals surface area contributed by atoms with Crippen molar-refractivity contribution in [1.29, 1.82) is 0 Å². The summed E-state index contributed by atoms with van der Waals surface area (Å²) in [5, 5.41) is 2.97. The third-order valence-electron chi connectivity index (χ3n) is 3.18. The maximum atomic E-state index is 12.2. The Morgan fingerprint density at radius 1 is 1.22 bits per heavy atom. The minimum absolute atomic E-state index is 0.00130. The summed E-state index contributed by atoms with van der Waals surface area (Å²) in [6.07, 6.45) is 0.779. The van der Waals surface area contributed by atoms with E-state index in [2.05, 4.69) is 31.3 Å². The molecular formula is C15H24N2O. The van der Waals surface area contributed by atoms with E-state index in [1.165, 1.54) is 5.56 Å². The lowest BCUT2D eigenvalue weighted by atomic mass is 9.88. The summed E-state index contributed by atoms with van der Waals surface area (Å²) in [5.41, 5.74) is 6.74. The number of benzene rings is 1. The molecule has 0 aliphatic carbocycles. The van der Waals surface area contributed by atoms with E-state index in [4.69, 9.17) is 5.73 Å². The Bertz CT molecular complexity index is 362. The van der Waals surface area contributed by atoms with Crippen LogP contribution in [0.2, 0.25) is 0 Å². The lowest BCUT2D eigenvalue weighted by molar-refractivity contribution is -0.126. The number of nitrogens with one attached hydrogen (secondary N) is 1. The van der Waals surface area contributed by atoms with Gasteiger partial charge >= 0.3 is 0 Å². The summed E-state index contributed by atoms with van der Waals surface area (Å²) >= 11 is 0. The number of carbonyl (C=O) groups is 1. The zero-order valence-electron chi connectivity index (χ0n) is 11.5. The quantitative estimate of drug-likeness (QED) is 0.808. The Morgan fingerprint density at radius 3 is 2.33 bits per heavy atom. The Balaban J connectivity index is 2.68. The van der Waals surface area contributed by atoms with Crippen LogP contribution in [0.15, 0.2) is 30.3 Å². The highest BCUT2D eigenvalue weighted by Crippen LogP contribution is 2.17. The van der Waals surface area contributed by atoms with E-state index in [1.54, 1.807) is 0 Å². The molecule has 18 heavy (non-hydrogen) atoms. The van der Waals surface area contributed by atoms with E-state index in [-0.39, 0.29) is 17.9 Å². The smallest absolute Gasteiger partial charge is 0.223 e. The fraction of sp³-hybridized carbons (Fsp3) is 0.533. The van der Waals surface area contributed by atoms with E-state index in [0.29, 0.717) is 12.5 Å². The van der Waals surface area contributed by atoms with Crippen molar-refractivity contribution in [1.82, 2.24) is 5.32 Å². The molecule has 1 aromatic rings. The molecule has 3 nitrogen and oxygen atoms in total. The lowest BCUT2D eigenvalue weighted by Crippen LogP contribution is -2.43. The third kappa shape index (κ3) is 4.49. The first kappa shape index (κ1) is 14.7. The van der Waals surface area contributed by atoms with E-state index in [9.17, 15) is 4.79 Å². The van der Waals surface area contributed by atoms with Crippen molar-refractivity contribution < 1.29 is 4.79 Å². The number of nitrogens with two attached hydrogens (primary N) is 1. The molecule has 0 spiro atoms. The van der Waals surface area contributed by atoms with Gasteiger partial charge in [-0.3, -0.25) is 4.79 Å². The molecule has 0 saturated carbocycles. The molecule has 100 valence electrons. The van der Waals surface area contributed by atoms with Crippen molar-refractivity contribution in [3.63, 3.8) is 0 Å². The maximum Gasteiger partial charge on any atom is 0.223 e. The number of amides is 1. The van der Waals surface area contributed by atoms with Crippen LogP contribution in [0.25, 0.3) is 0 Å². The molecule has 0 saturated heterocycles. The molecule has 3 heteroatoms. The molecule has 0 aromatic heterocycles. The van der Waals surface area contributed by atoms with E-state index >= 15 is 0 Å². The van der Waals surface area contributed by atoms with Crippen molar-refractivity contribution in [2.24, 2.45) is 17.6 Å². The molecular weight excluding hydrogens is 224 g/mol. The van der Waals surface area contributed by atoms with Crippen LogP contribution in [0.5, 0.6) is 0 Å². The van der Waals surface area contributed by atoms with Crippen molar-refractivity contribution in [2.45, 2.75) is 33.2 Å².